The van der Waals surface area contributed by atoms with Crippen molar-refractivity contribution in [3.63, 3.8) is 0 Å². The number of anilines is 3. The number of thiophene rings is 1. The molecular formula is C52H32N2S. The summed E-state index contributed by atoms with van der Waals surface area (Å²) >= 11 is 1.84. The molecule has 1 spiro atoms. The fourth-order valence-electron chi connectivity index (χ4n) is 9.54. The first kappa shape index (κ1) is 30.6. The SMILES string of the molecule is c1ccc(-c2ccc(N(c3ccc4c(c3)-c3ccccc3C43c4ccccc4-c4ccccc43)c3cc4sc5cc6ccccc6cc5c4cn3)cc2)cc1. The fourth-order valence-corrected chi connectivity index (χ4v) is 10.7. The number of fused-ring (bicyclic) bond motifs is 14. The van der Waals surface area contributed by atoms with Gasteiger partial charge in [-0.15, -0.1) is 11.3 Å². The topological polar surface area (TPSA) is 16.1 Å². The average Bonchev–Trinajstić information content (AvgIpc) is 3.86. The van der Waals surface area contributed by atoms with Gasteiger partial charge in [0.15, 0.2) is 0 Å². The molecule has 0 bridgehead atoms. The van der Waals surface area contributed by atoms with E-state index in [9.17, 15) is 0 Å². The van der Waals surface area contributed by atoms with E-state index in [1.165, 1.54) is 86.6 Å². The second kappa shape index (κ2) is 11.6. The highest BCUT2D eigenvalue weighted by atomic mass is 32.1. The maximum Gasteiger partial charge on any atom is 0.138 e. The van der Waals surface area contributed by atoms with Gasteiger partial charge in [-0.1, -0.05) is 146 Å². The van der Waals surface area contributed by atoms with Crippen LogP contribution in [-0.4, -0.2) is 4.98 Å². The van der Waals surface area contributed by atoms with Crippen LogP contribution >= 0.6 is 11.3 Å². The van der Waals surface area contributed by atoms with Crippen LogP contribution in [0.5, 0.6) is 0 Å². The van der Waals surface area contributed by atoms with E-state index in [0.29, 0.717) is 0 Å². The van der Waals surface area contributed by atoms with Crippen LogP contribution in [0, 0.1) is 0 Å². The van der Waals surface area contributed by atoms with Gasteiger partial charge >= 0.3 is 0 Å². The summed E-state index contributed by atoms with van der Waals surface area (Å²) in [5.41, 5.74) is 14.7. The van der Waals surface area contributed by atoms with Crippen molar-refractivity contribution in [3.8, 4) is 33.4 Å². The lowest BCUT2D eigenvalue weighted by Crippen LogP contribution is -2.25. The molecule has 0 amide bonds. The van der Waals surface area contributed by atoms with Crippen molar-refractivity contribution in [1.29, 1.82) is 0 Å². The third kappa shape index (κ3) is 4.33. The number of pyridine rings is 1. The van der Waals surface area contributed by atoms with Gasteiger partial charge in [-0.3, -0.25) is 4.90 Å². The van der Waals surface area contributed by atoms with Crippen LogP contribution in [-0.2, 0) is 5.41 Å². The summed E-state index contributed by atoms with van der Waals surface area (Å²) in [6.07, 6.45) is 2.08. The Hall–Kier alpha value is -6.81. The molecule has 2 aliphatic carbocycles. The van der Waals surface area contributed by atoms with E-state index in [1.807, 2.05) is 11.3 Å². The minimum absolute atomic E-state index is 0.377. The smallest absolute Gasteiger partial charge is 0.138 e. The minimum Gasteiger partial charge on any atom is -0.295 e. The molecule has 2 aromatic heterocycles. The second-order valence-electron chi connectivity index (χ2n) is 14.7. The Bertz CT molecular complexity index is 3110. The molecule has 0 radical (unpaired) electrons. The largest absolute Gasteiger partial charge is 0.295 e. The van der Waals surface area contributed by atoms with E-state index in [0.717, 1.165) is 17.2 Å². The summed E-state index contributed by atoms with van der Waals surface area (Å²) in [5, 5.41) is 4.96. The predicted octanol–water partition coefficient (Wildman–Crippen LogP) is 14.1. The molecule has 2 heterocycles. The van der Waals surface area contributed by atoms with Crippen molar-refractivity contribution >= 4 is 59.5 Å². The molecule has 256 valence electrons. The molecule has 0 saturated heterocycles. The first-order valence-corrected chi connectivity index (χ1v) is 19.7. The minimum atomic E-state index is -0.377. The normalized spacial score (nSPS) is 13.2. The van der Waals surface area contributed by atoms with E-state index in [-0.39, 0.29) is 5.41 Å². The summed E-state index contributed by atoms with van der Waals surface area (Å²) in [6, 6.07) is 69.2. The number of hydrogen-bond donors (Lipinski definition) is 0. The first-order chi connectivity index (χ1) is 27.3. The first-order valence-electron chi connectivity index (χ1n) is 18.9. The van der Waals surface area contributed by atoms with Gasteiger partial charge in [-0.2, -0.15) is 0 Å². The van der Waals surface area contributed by atoms with Crippen molar-refractivity contribution in [3.05, 3.63) is 217 Å². The van der Waals surface area contributed by atoms with Crippen LogP contribution in [0.1, 0.15) is 22.3 Å². The Balaban J connectivity index is 1.07. The van der Waals surface area contributed by atoms with Crippen molar-refractivity contribution in [2.45, 2.75) is 5.41 Å². The fraction of sp³-hybridized carbons (Fsp3) is 0.0192. The molecule has 0 saturated carbocycles. The number of hydrogen-bond acceptors (Lipinski definition) is 3. The molecule has 3 heteroatoms. The highest BCUT2D eigenvalue weighted by molar-refractivity contribution is 7.25. The molecule has 2 nitrogen and oxygen atoms in total. The Morgan fingerprint density at radius 3 is 1.62 bits per heavy atom. The van der Waals surface area contributed by atoms with E-state index < -0.39 is 0 Å². The zero-order valence-electron chi connectivity index (χ0n) is 29.8. The van der Waals surface area contributed by atoms with Gasteiger partial charge in [0.2, 0.25) is 0 Å². The van der Waals surface area contributed by atoms with E-state index in [4.69, 9.17) is 4.98 Å². The average molecular weight is 717 g/mol. The van der Waals surface area contributed by atoms with Gasteiger partial charge in [0.1, 0.15) is 5.82 Å². The van der Waals surface area contributed by atoms with Crippen LogP contribution in [0.15, 0.2) is 194 Å². The zero-order chi connectivity index (χ0) is 36.1. The van der Waals surface area contributed by atoms with Crippen LogP contribution < -0.4 is 4.90 Å². The van der Waals surface area contributed by atoms with Crippen LogP contribution in [0.3, 0.4) is 0 Å². The molecule has 8 aromatic carbocycles. The quantitative estimate of drug-likeness (QED) is 0.180. The van der Waals surface area contributed by atoms with Gasteiger partial charge in [0.05, 0.1) is 5.41 Å². The number of nitrogens with zero attached hydrogens (tertiary/aromatic N) is 2. The summed E-state index contributed by atoms with van der Waals surface area (Å²) in [6.45, 7) is 0. The Morgan fingerprint density at radius 2 is 0.927 bits per heavy atom. The molecule has 0 unspecified atom stereocenters. The molecule has 0 N–H and O–H groups in total. The number of benzene rings is 8. The van der Waals surface area contributed by atoms with Crippen molar-refractivity contribution in [2.24, 2.45) is 0 Å². The lowest BCUT2D eigenvalue weighted by atomic mass is 9.70. The Kier molecular flexibility index (Phi) is 6.46. The van der Waals surface area contributed by atoms with Gasteiger partial charge < -0.3 is 0 Å². The standard InChI is InChI=1S/C52H32N2S/c1-2-12-33(13-3-1)34-22-24-37(25-23-34)54(51-31-50-44(32-53-51)43-28-35-14-4-5-15-36(35)29-49(43)55-50)38-26-27-48-42(30-38)41-18-8-11-21-47(41)52(48)45-19-9-6-16-39(45)40-17-7-10-20-46(40)52/h1-32H. The molecule has 0 fully saturated rings. The third-order valence-corrected chi connectivity index (χ3v) is 13.0. The second-order valence-corrected chi connectivity index (χ2v) is 15.8. The van der Waals surface area contributed by atoms with E-state index >= 15 is 0 Å². The van der Waals surface area contributed by atoms with E-state index in [1.54, 1.807) is 0 Å². The predicted molar refractivity (Wildman–Crippen MR) is 231 cm³/mol. The monoisotopic (exact) mass is 716 g/mol. The Morgan fingerprint density at radius 1 is 0.400 bits per heavy atom. The van der Waals surface area contributed by atoms with Crippen molar-refractivity contribution in [1.82, 2.24) is 4.98 Å². The van der Waals surface area contributed by atoms with Crippen LogP contribution in [0.25, 0.3) is 64.3 Å². The molecule has 10 aromatic rings. The molecule has 2 aliphatic rings. The van der Waals surface area contributed by atoms with Crippen LogP contribution in [0.4, 0.5) is 17.2 Å². The molecule has 0 aliphatic heterocycles. The Labute approximate surface area is 323 Å². The summed E-state index contributed by atoms with van der Waals surface area (Å²) in [7, 11) is 0. The molecule has 0 atom stereocenters. The maximum absolute atomic E-state index is 5.24. The van der Waals surface area contributed by atoms with Crippen LogP contribution in [0.2, 0.25) is 0 Å². The van der Waals surface area contributed by atoms with Gasteiger partial charge in [-0.05, 0) is 109 Å². The third-order valence-electron chi connectivity index (χ3n) is 11.9. The highest BCUT2D eigenvalue weighted by Gasteiger charge is 2.51. The van der Waals surface area contributed by atoms with E-state index in [2.05, 4.69) is 199 Å². The zero-order valence-corrected chi connectivity index (χ0v) is 30.6. The van der Waals surface area contributed by atoms with Gasteiger partial charge in [-0.25, -0.2) is 4.98 Å². The summed E-state index contributed by atoms with van der Waals surface area (Å²) in [4.78, 5) is 7.58. The number of rotatable bonds is 4. The maximum atomic E-state index is 5.24. The van der Waals surface area contributed by atoms with Gasteiger partial charge in [0.25, 0.3) is 0 Å². The molecular weight excluding hydrogens is 685 g/mol. The molecule has 12 rings (SSSR count). The summed E-state index contributed by atoms with van der Waals surface area (Å²) in [5.74, 6) is 0.897. The van der Waals surface area contributed by atoms with Crippen molar-refractivity contribution in [2.75, 3.05) is 4.90 Å². The lowest BCUT2D eigenvalue weighted by molar-refractivity contribution is 0.794. The molecule has 55 heavy (non-hydrogen) atoms. The highest BCUT2D eigenvalue weighted by Crippen LogP contribution is 2.63. The summed E-state index contributed by atoms with van der Waals surface area (Å²) < 4.78 is 2.51. The lowest BCUT2D eigenvalue weighted by Gasteiger charge is -2.31. The van der Waals surface area contributed by atoms with Crippen molar-refractivity contribution < 1.29 is 0 Å². The number of aromatic nitrogens is 1. The van der Waals surface area contributed by atoms with Gasteiger partial charge in [0, 0.05) is 37.7 Å².